The van der Waals surface area contributed by atoms with Crippen molar-refractivity contribution in [2.24, 2.45) is 5.92 Å². The van der Waals surface area contributed by atoms with Crippen molar-refractivity contribution < 1.29 is 9.90 Å². The number of anilines is 1. The van der Waals surface area contributed by atoms with Crippen LogP contribution in [0.15, 0.2) is 23.0 Å². The third-order valence-electron chi connectivity index (χ3n) is 7.54. The minimum Gasteiger partial charge on any atom is -0.378 e. The van der Waals surface area contributed by atoms with Gasteiger partial charge in [-0.25, -0.2) is 0 Å². The van der Waals surface area contributed by atoms with Gasteiger partial charge in [0, 0.05) is 47.2 Å². The van der Waals surface area contributed by atoms with Gasteiger partial charge in [0.05, 0.1) is 0 Å². The second-order valence-corrected chi connectivity index (χ2v) is 11.0. The van der Waals surface area contributed by atoms with Crippen molar-refractivity contribution in [1.82, 2.24) is 10.3 Å². The number of hydrogen-bond donors (Lipinski definition) is 3. The Morgan fingerprint density at radius 3 is 2.38 bits per heavy atom. The number of benzene rings is 1. The molecule has 3 rings (SSSR count). The van der Waals surface area contributed by atoms with E-state index in [4.69, 9.17) is 0 Å². The smallest absolute Gasteiger partial charge is 0.253 e. The maximum Gasteiger partial charge on any atom is 0.253 e. The summed E-state index contributed by atoms with van der Waals surface area (Å²) in [5, 5.41) is 13.1. The number of hydrogen-bond acceptors (Lipinski definition) is 4. The topological polar surface area (TPSA) is 85.4 Å². The average Bonchev–Trinajstić information content (AvgIpc) is 2.83. The largest absolute Gasteiger partial charge is 0.378 e. The van der Waals surface area contributed by atoms with E-state index >= 15 is 0 Å². The van der Waals surface area contributed by atoms with Gasteiger partial charge in [0.1, 0.15) is 5.60 Å². The maximum atomic E-state index is 13.5. The molecule has 6 heteroatoms. The van der Waals surface area contributed by atoms with Crippen molar-refractivity contribution in [3.05, 3.63) is 62.1 Å². The fraction of sp³-hybridized carbons (Fsp3) is 0.548. The molecule has 2 aromatic rings. The van der Waals surface area contributed by atoms with Gasteiger partial charge >= 0.3 is 0 Å². The minimum atomic E-state index is -1.14. The van der Waals surface area contributed by atoms with Crippen molar-refractivity contribution >= 4 is 11.6 Å². The number of carbonyl (C=O) groups is 1. The highest BCUT2D eigenvalue weighted by Gasteiger charge is 2.27. The third-order valence-corrected chi connectivity index (χ3v) is 7.54. The summed E-state index contributed by atoms with van der Waals surface area (Å²) in [6.07, 6.45) is 5.97. The number of nitrogens with zero attached hydrogens (tertiary/aromatic N) is 1. The number of aliphatic hydroxyl groups is 1. The first-order valence-electron chi connectivity index (χ1n) is 13.6. The molecule has 3 N–H and O–H groups in total. The highest BCUT2D eigenvalue weighted by atomic mass is 16.3. The number of nitrogens with one attached hydrogen (secondary N) is 2. The lowest BCUT2D eigenvalue weighted by molar-refractivity contribution is 0.0950. The zero-order valence-electron chi connectivity index (χ0n) is 23.5. The fourth-order valence-electron chi connectivity index (χ4n) is 5.39. The Balaban J connectivity index is 1.98. The van der Waals surface area contributed by atoms with Crippen molar-refractivity contribution in [3.63, 3.8) is 0 Å². The van der Waals surface area contributed by atoms with E-state index in [1.165, 1.54) is 19.3 Å². The Kier molecular flexibility index (Phi) is 9.26. The predicted octanol–water partition coefficient (Wildman–Crippen LogP) is 5.15. The molecule has 200 valence electrons. The van der Waals surface area contributed by atoms with Crippen molar-refractivity contribution in [2.45, 2.75) is 98.8 Å². The molecule has 1 aromatic carbocycles. The molecule has 0 atom stereocenters. The molecule has 0 saturated heterocycles. The molecule has 0 unspecified atom stereocenters. The molecule has 0 bridgehead atoms. The molecule has 0 aliphatic heterocycles. The van der Waals surface area contributed by atoms with Crippen LogP contribution in [0.5, 0.6) is 0 Å². The molecule has 1 aliphatic carbocycles. The molecule has 0 radical (unpaired) electrons. The number of aromatic amines is 1. The maximum absolute atomic E-state index is 13.5. The van der Waals surface area contributed by atoms with Gasteiger partial charge in [-0.05, 0) is 102 Å². The van der Waals surface area contributed by atoms with Crippen LogP contribution >= 0.6 is 0 Å². The molecule has 6 nitrogen and oxygen atoms in total. The predicted molar refractivity (Wildman–Crippen MR) is 151 cm³/mol. The Bertz CT molecular complexity index is 1240. The van der Waals surface area contributed by atoms with Gasteiger partial charge in [0.2, 0.25) is 0 Å². The van der Waals surface area contributed by atoms with Crippen molar-refractivity contribution in [2.75, 3.05) is 11.4 Å². The van der Waals surface area contributed by atoms with Crippen LogP contribution in [0, 0.1) is 38.5 Å². The second kappa shape index (κ2) is 12.0. The van der Waals surface area contributed by atoms with Crippen LogP contribution < -0.4 is 15.8 Å². The van der Waals surface area contributed by atoms with E-state index in [0.29, 0.717) is 22.7 Å². The van der Waals surface area contributed by atoms with Crippen LogP contribution in [0.4, 0.5) is 5.69 Å². The number of aryl methyl sites for hydroxylation is 2. The van der Waals surface area contributed by atoms with Gasteiger partial charge in [0.15, 0.2) is 0 Å². The summed E-state index contributed by atoms with van der Waals surface area (Å²) in [4.78, 5) is 31.2. The molecular weight excluding hydrogens is 462 g/mol. The lowest BCUT2D eigenvalue weighted by Crippen LogP contribution is -2.39. The quantitative estimate of drug-likeness (QED) is 0.455. The van der Waals surface area contributed by atoms with E-state index in [0.717, 1.165) is 47.8 Å². The van der Waals surface area contributed by atoms with E-state index in [1.54, 1.807) is 19.9 Å². The summed E-state index contributed by atoms with van der Waals surface area (Å²) in [5.41, 5.74) is 4.03. The molecule has 1 amide bonds. The standard InChI is InChI=1S/C31H43N3O3/c1-8-23-10-12-25(13-11-23)34(9-2)28-18-24(14-15-31(6,7)37)17-26(22(28)5)29(35)32-19-27-20(3)16-21(4)33-30(27)36/h16-18,23,25,37H,8-13,19H2,1-7H3,(H,32,35)(H,33,36). The van der Waals surface area contributed by atoms with E-state index in [1.807, 2.05) is 26.8 Å². The van der Waals surface area contributed by atoms with Crippen molar-refractivity contribution in [3.8, 4) is 11.8 Å². The van der Waals surface area contributed by atoms with Gasteiger partial charge in [-0.15, -0.1) is 0 Å². The first kappa shape index (κ1) is 28.5. The molecule has 1 aliphatic rings. The minimum absolute atomic E-state index is 0.146. The van der Waals surface area contributed by atoms with Crippen LogP contribution in [0.2, 0.25) is 0 Å². The van der Waals surface area contributed by atoms with Gasteiger partial charge < -0.3 is 20.3 Å². The summed E-state index contributed by atoms with van der Waals surface area (Å²) in [7, 11) is 0. The monoisotopic (exact) mass is 505 g/mol. The fourth-order valence-corrected chi connectivity index (χ4v) is 5.39. The lowest BCUT2D eigenvalue weighted by atomic mass is 9.83. The summed E-state index contributed by atoms with van der Waals surface area (Å²) in [5.74, 6) is 6.53. The Morgan fingerprint density at radius 1 is 1.14 bits per heavy atom. The number of aromatic nitrogens is 1. The molecular formula is C31H43N3O3. The van der Waals surface area contributed by atoms with E-state index in [-0.39, 0.29) is 18.0 Å². The zero-order chi connectivity index (χ0) is 27.3. The summed E-state index contributed by atoms with van der Waals surface area (Å²) < 4.78 is 0. The van der Waals surface area contributed by atoms with E-state index in [9.17, 15) is 14.7 Å². The molecule has 1 aromatic heterocycles. The SMILES string of the molecule is CCC1CCC(N(CC)c2cc(C#CC(C)(C)O)cc(C(=O)NCc3c(C)cc(C)[nH]c3=O)c2C)CC1. The lowest BCUT2D eigenvalue weighted by Gasteiger charge is -2.39. The van der Waals surface area contributed by atoms with Crippen LogP contribution in [0.1, 0.15) is 98.1 Å². The Hall–Kier alpha value is -3.04. The molecule has 1 fully saturated rings. The van der Waals surface area contributed by atoms with Gasteiger partial charge in [-0.1, -0.05) is 25.2 Å². The zero-order valence-corrected chi connectivity index (χ0v) is 23.5. The van der Waals surface area contributed by atoms with E-state index < -0.39 is 5.60 Å². The second-order valence-electron chi connectivity index (χ2n) is 11.0. The third kappa shape index (κ3) is 7.26. The number of carbonyl (C=O) groups excluding carboxylic acids is 1. The van der Waals surface area contributed by atoms with Gasteiger partial charge in [-0.2, -0.15) is 0 Å². The number of pyridine rings is 1. The molecule has 1 saturated carbocycles. The summed E-state index contributed by atoms with van der Waals surface area (Å²) >= 11 is 0. The van der Waals surface area contributed by atoms with Gasteiger partial charge in [-0.3, -0.25) is 9.59 Å². The Labute approximate surface area is 221 Å². The van der Waals surface area contributed by atoms with Crippen molar-refractivity contribution in [1.29, 1.82) is 0 Å². The number of rotatable bonds is 7. The van der Waals surface area contributed by atoms with Crippen LogP contribution in [-0.4, -0.2) is 34.2 Å². The number of amides is 1. The molecule has 1 heterocycles. The highest BCUT2D eigenvalue weighted by Crippen LogP contribution is 2.34. The average molecular weight is 506 g/mol. The summed E-state index contributed by atoms with van der Waals surface area (Å²) in [6.45, 7) is 14.4. The van der Waals surface area contributed by atoms with Crippen LogP contribution in [0.3, 0.4) is 0 Å². The highest BCUT2D eigenvalue weighted by molar-refractivity contribution is 5.97. The summed E-state index contributed by atoms with van der Waals surface area (Å²) in [6, 6.07) is 6.18. The first-order chi connectivity index (χ1) is 17.4. The van der Waals surface area contributed by atoms with Gasteiger partial charge in [0.25, 0.3) is 11.5 Å². The normalized spacial score (nSPS) is 17.6. The Morgan fingerprint density at radius 2 is 1.81 bits per heavy atom. The van der Waals surface area contributed by atoms with E-state index in [2.05, 4.69) is 47.0 Å². The first-order valence-corrected chi connectivity index (χ1v) is 13.6. The van der Waals surface area contributed by atoms with Crippen LogP contribution in [0.25, 0.3) is 0 Å². The molecule has 37 heavy (non-hydrogen) atoms. The molecule has 0 spiro atoms. The number of H-pyrrole nitrogens is 1. The van der Waals surface area contributed by atoms with Crippen LogP contribution in [-0.2, 0) is 6.54 Å².